The molecule has 0 radical (unpaired) electrons. The monoisotopic (exact) mass is 272 g/mol. The zero-order valence-electron chi connectivity index (χ0n) is 8.03. The van der Waals surface area contributed by atoms with Gasteiger partial charge < -0.3 is 14.2 Å². The van der Waals surface area contributed by atoms with Crippen LogP contribution < -0.4 is 9.47 Å². The molecule has 1 aliphatic heterocycles. The molecule has 0 spiro atoms. The molecule has 0 saturated carbocycles. The van der Waals surface area contributed by atoms with Crippen molar-refractivity contribution in [1.82, 2.24) is 0 Å². The molecule has 0 amide bonds. The number of halogens is 1. The molecule has 0 aromatic heterocycles. The molecule has 2 rings (SSSR count). The van der Waals surface area contributed by atoms with Gasteiger partial charge in [-0.2, -0.15) is 0 Å². The predicted octanol–water partition coefficient (Wildman–Crippen LogP) is 2.02. The third-order valence-electron chi connectivity index (χ3n) is 2.10. The van der Waals surface area contributed by atoms with Crippen LogP contribution >= 0.6 is 15.9 Å². The summed E-state index contributed by atoms with van der Waals surface area (Å²) in [5, 5.41) is 0. The molecule has 15 heavy (non-hydrogen) atoms. The van der Waals surface area contributed by atoms with Crippen LogP contribution in [-0.2, 0) is 9.53 Å². The Bertz CT molecular complexity index is 391. The van der Waals surface area contributed by atoms with E-state index in [1.54, 1.807) is 18.2 Å². The minimum Gasteiger partial charge on any atom is -0.468 e. The summed E-state index contributed by atoms with van der Waals surface area (Å²) >= 11 is 3.25. The average molecular weight is 273 g/mol. The molecule has 5 heteroatoms. The van der Waals surface area contributed by atoms with Gasteiger partial charge >= 0.3 is 5.97 Å². The number of rotatable bonds is 2. The van der Waals surface area contributed by atoms with Crippen molar-refractivity contribution >= 4 is 21.9 Å². The molecule has 0 aliphatic carbocycles. The lowest BCUT2D eigenvalue weighted by atomic mass is 10.1. The zero-order valence-corrected chi connectivity index (χ0v) is 9.61. The fraction of sp³-hybridized carbons (Fsp3) is 0.300. The molecule has 4 nitrogen and oxygen atoms in total. The molecule has 1 aliphatic rings. The van der Waals surface area contributed by atoms with E-state index < -0.39 is 4.83 Å². The maximum Gasteiger partial charge on any atom is 0.324 e. The quantitative estimate of drug-likeness (QED) is 0.611. The summed E-state index contributed by atoms with van der Waals surface area (Å²) in [5.41, 5.74) is 0.783. The van der Waals surface area contributed by atoms with Gasteiger partial charge in [-0.05, 0) is 17.7 Å². The van der Waals surface area contributed by atoms with E-state index in [2.05, 4.69) is 20.7 Å². The molecule has 1 aromatic rings. The maximum atomic E-state index is 11.3. The van der Waals surface area contributed by atoms with E-state index in [4.69, 9.17) is 9.47 Å². The largest absolute Gasteiger partial charge is 0.468 e. The van der Waals surface area contributed by atoms with Crippen LogP contribution in [0.3, 0.4) is 0 Å². The van der Waals surface area contributed by atoms with Crippen LogP contribution in [0.4, 0.5) is 0 Å². The molecule has 0 bridgehead atoms. The first-order valence-corrected chi connectivity index (χ1v) is 5.25. The lowest BCUT2D eigenvalue weighted by Gasteiger charge is -2.08. The first-order chi connectivity index (χ1) is 7.22. The van der Waals surface area contributed by atoms with Crippen molar-refractivity contribution in [3.8, 4) is 11.5 Å². The average Bonchev–Trinajstić information content (AvgIpc) is 2.73. The Morgan fingerprint density at radius 3 is 2.93 bits per heavy atom. The number of alkyl halides is 1. The highest BCUT2D eigenvalue weighted by Crippen LogP contribution is 2.36. The van der Waals surface area contributed by atoms with Crippen LogP contribution in [0, 0.1) is 0 Å². The highest BCUT2D eigenvalue weighted by atomic mass is 79.9. The van der Waals surface area contributed by atoms with Crippen molar-refractivity contribution in [1.29, 1.82) is 0 Å². The summed E-state index contributed by atoms with van der Waals surface area (Å²) in [7, 11) is 1.35. The molecule has 0 fully saturated rings. The summed E-state index contributed by atoms with van der Waals surface area (Å²) in [6.07, 6.45) is 0. The molecule has 80 valence electrons. The van der Waals surface area contributed by atoms with Gasteiger partial charge in [0.2, 0.25) is 6.79 Å². The Hall–Kier alpha value is -1.23. The number of methoxy groups -OCH3 is 1. The molecule has 0 N–H and O–H groups in total. The summed E-state index contributed by atoms with van der Waals surface area (Å²) in [5.74, 6) is 1.01. The third kappa shape index (κ3) is 1.92. The van der Waals surface area contributed by atoms with E-state index >= 15 is 0 Å². The lowest BCUT2D eigenvalue weighted by molar-refractivity contribution is -0.139. The number of hydrogen-bond acceptors (Lipinski definition) is 4. The summed E-state index contributed by atoms with van der Waals surface area (Å²) < 4.78 is 15.0. The number of esters is 1. The summed E-state index contributed by atoms with van der Waals surface area (Å²) in [6, 6.07) is 5.33. The van der Waals surface area contributed by atoms with Gasteiger partial charge in [-0.25, -0.2) is 0 Å². The Morgan fingerprint density at radius 1 is 1.47 bits per heavy atom. The van der Waals surface area contributed by atoms with E-state index in [0.717, 1.165) is 5.56 Å². The van der Waals surface area contributed by atoms with Crippen LogP contribution in [0.25, 0.3) is 0 Å². The second kappa shape index (κ2) is 4.10. The van der Waals surface area contributed by atoms with E-state index in [-0.39, 0.29) is 12.8 Å². The minimum absolute atomic E-state index is 0.226. The molecule has 1 atom stereocenters. The molecule has 1 aromatic carbocycles. The fourth-order valence-corrected chi connectivity index (χ4v) is 1.78. The van der Waals surface area contributed by atoms with Crippen molar-refractivity contribution in [2.24, 2.45) is 0 Å². The van der Waals surface area contributed by atoms with Gasteiger partial charge in [0.25, 0.3) is 0 Å². The van der Waals surface area contributed by atoms with Crippen LogP contribution in [-0.4, -0.2) is 19.9 Å². The van der Waals surface area contributed by atoms with Crippen molar-refractivity contribution in [3.63, 3.8) is 0 Å². The SMILES string of the molecule is COC(=O)[C@@H](Br)c1ccc2c(c1)OCO2. The Morgan fingerprint density at radius 2 is 2.20 bits per heavy atom. The number of ether oxygens (including phenoxy) is 3. The van der Waals surface area contributed by atoms with Gasteiger partial charge in [-0.3, -0.25) is 4.79 Å². The van der Waals surface area contributed by atoms with Gasteiger partial charge in [-0.15, -0.1) is 0 Å². The highest BCUT2D eigenvalue weighted by Gasteiger charge is 2.21. The molecular formula is C10H9BrO4. The van der Waals surface area contributed by atoms with E-state index in [1.165, 1.54) is 7.11 Å². The summed E-state index contributed by atoms with van der Waals surface area (Å²) in [6.45, 7) is 0.226. The van der Waals surface area contributed by atoms with Crippen molar-refractivity contribution < 1.29 is 19.0 Å². The smallest absolute Gasteiger partial charge is 0.324 e. The van der Waals surface area contributed by atoms with E-state index in [0.29, 0.717) is 11.5 Å². The number of fused-ring (bicyclic) bond motifs is 1. The summed E-state index contributed by atoms with van der Waals surface area (Å²) in [4.78, 5) is 10.8. The zero-order chi connectivity index (χ0) is 10.8. The molecular weight excluding hydrogens is 264 g/mol. The van der Waals surface area contributed by atoms with Crippen molar-refractivity contribution in [2.45, 2.75) is 4.83 Å². The van der Waals surface area contributed by atoms with Gasteiger partial charge in [0.1, 0.15) is 4.83 Å². The van der Waals surface area contributed by atoms with Gasteiger partial charge in [-0.1, -0.05) is 22.0 Å². The highest BCUT2D eigenvalue weighted by molar-refractivity contribution is 9.09. The van der Waals surface area contributed by atoms with Crippen LogP contribution in [0.1, 0.15) is 10.4 Å². The fourth-order valence-electron chi connectivity index (χ4n) is 1.31. The number of hydrogen-bond donors (Lipinski definition) is 0. The topological polar surface area (TPSA) is 44.8 Å². The Kier molecular flexibility index (Phi) is 2.81. The second-order valence-corrected chi connectivity index (χ2v) is 3.91. The number of carbonyl (C=O) groups is 1. The maximum absolute atomic E-state index is 11.3. The van der Waals surface area contributed by atoms with Crippen molar-refractivity contribution in [3.05, 3.63) is 23.8 Å². The normalized spacial score (nSPS) is 14.8. The molecule has 1 heterocycles. The van der Waals surface area contributed by atoms with Crippen LogP contribution in [0.2, 0.25) is 0 Å². The first-order valence-electron chi connectivity index (χ1n) is 4.34. The predicted molar refractivity (Wildman–Crippen MR) is 56.2 cm³/mol. The van der Waals surface area contributed by atoms with Crippen LogP contribution in [0.5, 0.6) is 11.5 Å². The van der Waals surface area contributed by atoms with Gasteiger partial charge in [0, 0.05) is 0 Å². The lowest BCUT2D eigenvalue weighted by Crippen LogP contribution is -2.07. The first kappa shape index (κ1) is 10.3. The van der Waals surface area contributed by atoms with Crippen LogP contribution in [0.15, 0.2) is 18.2 Å². The Labute approximate surface area is 95.3 Å². The minimum atomic E-state index is -0.475. The molecule has 0 unspecified atom stereocenters. The second-order valence-electron chi connectivity index (χ2n) is 3.00. The van der Waals surface area contributed by atoms with E-state index in [9.17, 15) is 4.79 Å². The Balaban J connectivity index is 2.26. The van der Waals surface area contributed by atoms with E-state index in [1.807, 2.05) is 0 Å². The van der Waals surface area contributed by atoms with Gasteiger partial charge in [0.05, 0.1) is 7.11 Å². The number of carbonyl (C=O) groups excluding carboxylic acids is 1. The van der Waals surface area contributed by atoms with Crippen molar-refractivity contribution in [2.75, 3.05) is 13.9 Å². The molecule has 0 saturated heterocycles. The van der Waals surface area contributed by atoms with Gasteiger partial charge in [0.15, 0.2) is 11.5 Å². The number of benzene rings is 1. The standard InChI is InChI=1S/C10H9BrO4/c1-13-10(12)9(11)6-2-3-7-8(4-6)15-5-14-7/h2-4,9H,5H2,1H3/t9-/m0/s1. The third-order valence-corrected chi connectivity index (χ3v) is 3.00.